The van der Waals surface area contributed by atoms with Crippen LogP contribution in [0.25, 0.3) is 6.08 Å². The first kappa shape index (κ1) is 17.8. The normalized spacial score (nSPS) is 18.5. The van der Waals surface area contributed by atoms with E-state index in [1.807, 2.05) is 49.4 Å². The lowest BCUT2D eigenvalue weighted by Crippen LogP contribution is -2.44. The molecule has 6 heteroatoms. The Hall–Kier alpha value is -2.02. The van der Waals surface area contributed by atoms with Crippen molar-refractivity contribution in [1.29, 1.82) is 0 Å². The summed E-state index contributed by atoms with van der Waals surface area (Å²) in [7, 11) is -3.50. The Balaban J connectivity index is 1.68. The van der Waals surface area contributed by atoms with Gasteiger partial charge >= 0.3 is 0 Å². The molecule has 2 aromatic rings. The van der Waals surface area contributed by atoms with Crippen molar-refractivity contribution in [3.8, 4) is 0 Å². The summed E-state index contributed by atoms with van der Waals surface area (Å²) in [6.45, 7) is 2.48. The number of benzene rings is 1. The van der Waals surface area contributed by atoms with E-state index in [0.29, 0.717) is 18.5 Å². The molecule has 0 saturated carbocycles. The zero-order chi connectivity index (χ0) is 17.9. The summed E-state index contributed by atoms with van der Waals surface area (Å²) < 4.78 is 26.4. The molecular formula is C19H22N2O3S. The molecule has 0 radical (unpaired) electrons. The lowest BCUT2D eigenvalue weighted by atomic mass is 9.88. The van der Waals surface area contributed by atoms with Crippen LogP contribution < -0.4 is 0 Å². The first-order valence-electron chi connectivity index (χ1n) is 8.28. The predicted molar refractivity (Wildman–Crippen MR) is 98.1 cm³/mol. The van der Waals surface area contributed by atoms with E-state index < -0.39 is 15.6 Å². The molecule has 0 atom stereocenters. The van der Waals surface area contributed by atoms with Crippen molar-refractivity contribution in [3.05, 3.63) is 70.9 Å². The van der Waals surface area contributed by atoms with Crippen LogP contribution in [0.4, 0.5) is 0 Å². The van der Waals surface area contributed by atoms with Gasteiger partial charge in [-0.05, 0) is 43.0 Å². The highest BCUT2D eigenvalue weighted by molar-refractivity contribution is 7.92. The van der Waals surface area contributed by atoms with E-state index in [-0.39, 0.29) is 13.1 Å². The van der Waals surface area contributed by atoms with E-state index in [1.165, 1.54) is 9.71 Å². The van der Waals surface area contributed by atoms with Crippen LogP contribution >= 0.6 is 0 Å². The number of rotatable bonds is 4. The van der Waals surface area contributed by atoms with Gasteiger partial charge < -0.3 is 5.11 Å². The van der Waals surface area contributed by atoms with Gasteiger partial charge in [-0.2, -0.15) is 4.31 Å². The molecule has 25 heavy (non-hydrogen) atoms. The molecular weight excluding hydrogens is 336 g/mol. The number of aliphatic hydroxyl groups is 1. The van der Waals surface area contributed by atoms with Crippen molar-refractivity contribution in [2.45, 2.75) is 25.4 Å². The third-order valence-corrected chi connectivity index (χ3v) is 6.09. The molecule has 0 aliphatic carbocycles. The summed E-state index contributed by atoms with van der Waals surface area (Å²) in [5.74, 6) is 0. The molecule has 3 rings (SSSR count). The summed E-state index contributed by atoms with van der Waals surface area (Å²) >= 11 is 0. The average molecular weight is 358 g/mol. The minimum absolute atomic E-state index is 0.271. The first-order valence-corrected chi connectivity index (χ1v) is 9.78. The Bertz CT molecular complexity index is 838. The maximum Gasteiger partial charge on any atom is 0.236 e. The second kappa shape index (κ2) is 7.07. The molecule has 2 heterocycles. The fraction of sp³-hybridized carbons (Fsp3) is 0.316. The Morgan fingerprint density at radius 1 is 1.12 bits per heavy atom. The minimum atomic E-state index is -3.50. The third-order valence-electron chi connectivity index (χ3n) is 4.53. The van der Waals surface area contributed by atoms with Gasteiger partial charge in [0.2, 0.25) is 10.0 Å². The van der Waals surface area contributed by atoms with E-state index in [9.17, 15) is 13.5 Å². The fourth-order valence-corrected chi connectivity index (χ4v) is 4.12. The summed E-state index contributed by atoms with van der Waals surface area (Å²) in [4.78, 5) is 4.30. The lowest BCUT2D eigenvalue weighted by molar-refractivity contribution is -0.0132. The van der Waals surface area contributed by atoms with Crippen molar-refractivity contribution in [1.82, 2.24) is 9.29 Å². The minimum Gasteiger partial charge on any atom is -0.383 e. The molecule has 0 bridgehead atoms. The van der Waals surface area contributed by atoms with E-state index in [4.69, 9.17) is 0 Å². The van der Waals surface area contributed by atoms with Crippen LogP contribution in [0.3, 0.4) is 0 Å². The van der Waals surface area contributed by atoms with Crippen LogP contribution in [0.2, 0.25) is 0 Å². The number of nitrogens with zero attached hydrogens (tertiary/aromatic N) is 2. The highest BCUT2D eigenvalue weighted by Crippen LogP contribution is 2.32. The maximum absolute atomic E-state index is 12.5. The Kier molecular flexibility index (Phi) is 5.03. The number of hydrogen-bond acceptors (Lipinski definition) is 4. The number of hydrogen-bond donors (Lipinski definition) is 1. The maximum atomic E-state index is 12.5. The van der Waals surface area contributed by atoms with E-state index in [1.54, 1.807) is 12.3 Å². The van der Waals surface area contributed by atoms with Gasteiger partial charge in [0.25, 0.3) is 0 Å². The number of aromatic nitrogens is 1. The number of aryl methyl sites for hydroxylation is 1. The fourth-order valence-electron chi connectivity index (χ4n) is 2.92. The van der Waals surface area contributed by atoms with Crippen molar-refractivity contribution in [3.63, 3.8) is 0 Å². The van der Waals surface area contributed by atoms with Crippen molar-refractivity contribution in [2.75, 3.05) is 13.1 Å². The molecule has 1 aromatic heterocycles. The largest absolute Gasteiger partial charge is 0.383 e. The Morgan fingerprint density at radius 2 is 1.80 bits per heavy atom. The van der Waals surface area contributed by atoms with Gasteiger partial charge in [0.15, 0.2) is 0 Å². The lowest BCUT2D eigenvalue weighted by Gasteiger charge is -2.36. The highest BCUT2D eigenvalue weighted by atomic mass is 32.2. The van der Waals surface area contributed by atoms with Gasteiger partial charge in [-0.15, -0.1) is 0 Å². The number of sulfonamides is 1. The van der Waals surface area contributed by atoms with E-state index in [0.717, 1.165) is 11.1 Å². The molecule has 0 unspecified atom stereocenters. The predicted octanol–water partition coefficient (Wildman–Crippen LogP) is 2.67. The topological polar surface area (TPSA) is 70.5 Å². The zero-order valence-corrected chi connectivity index (χ0v) is 15.0. The van der Waals surface area contributed by atoms with Gasteiger partial charge in [-0.3, -0.25) is 4.98 Å². The molecule has 1 fully saturated rings. The van der Waals surface area contributed by atoms with Crippen LogP contribution in [0, 0.1) is 6.92 Å². The molecule has 0 amide bonds. The molecule has 1 N–H and O–H groups in total. The molecule has 132 valence electrons. The molecule has 0 spiro atoms. The quantitative estimate of drug-likeness (QED) is 0.912. The van der Waals surface area contributed by atoms with Gasteiger partial charge in [0.1, 0.15) is 5.60 Å². The van der Waals surface area contributed by atoms with Crippen LogP contribution in [0.5, 0.6) is 0 Å². The summed E-state index contributed by atoms with van der Waals surface area (Å²) in [6.07, 6.45) is 3.99. The molecule has 1 aliphatic heterocycles. The van der Waals surface area contributed by atoms with Crippen LogP contribution in [0.1, 0.15) is 29.7 Å². The van der Waals surface area contributed by atoms with Crippen LogP contribution in [-0.2, 0) is 15.6 Å². The van der Waals surface area contributed by atoms with E-state index in [2.05, 4.69) is 4.98 Å². The van der Waals surface area contributed by atoms with Gasteiger partial charge in [-0.25, -0.2) is 8.42 Å². The van der Waals surface area contributed by atoms with Crippen LogP contribution in [0.15, 0.2) is 54.1 Å². The summed E-state index contributed by atoms with van der Waals surface area (Å²) in [5, 5.41) is 12.1. The van der Waals surface area contributed by atoms with Crippen LogP contribution in [-0.4, -0.2) is 35.9 Å². The average Bonchev–Trinajstić information content (AvgIpc) is 2.62. The Morgan fingerprint density at radius 3 is 2.40 bits per heavy atom. The monoisotopic (exact) mass is 358 g/mol. The summed E-state index contributed by atoms with van der Waals surface area (Å²) in [6, 6.07) is 13.0. The number of pyridine rings is 1. The van der Waals surface area contributed by atoms with Crippen molar-refractivity contribution >= 4 is 16.1 Å². The first-order chi connectivity index (χ1) is 11.9. The molecule has 5 nitrogen and oxygen atoms in total. The van der Waals surface area contributed by atoms with Gasteiger partial charge in [0, 0.05) is 24.7 Å². The summed E-state index contributed by atoms with van der Waals surface area (Å²) in [5.41, 5.74) is 1.40. The molecule has 1 aromatic carbocycles. The third kappa shape index (κ3) is 4.15. The Labute approximate surface area is 148 Å². The van der Waals surface area contributed by atoms with Gasteiger partial charge in [-0.1, -0.05) is 36.4 Å². The highest BCUT2D eigenvalue weighted by Gasteiger charge is 2.38. The van der Waals surface area contributed by atoms with E-state index >= 15 is 0 Å². The smallest absolute Gasteiger partial charge is 0.236 e. The number of piperidine rings is 1. The second-order valence-electron chi connectivity index (χ2n) is 6.41. The van der Waals surface area contributed by atoms with Crippen molar-refractivity contribution < 1.29 is 13.5 Å². The second-order valence-corrected chi connectivity index (χ2v) is 8.23. The van der Waals surface area contributed by atoms with Gasteiger partial charge in [0.05, 0.1) is 5.69 Å². The van der Waals surface area contributed by atoms with Crippen molar-refractivity contribution in [2.24, 2.45) is 0 Å². The molecule has 1 aliphatic rings. The molecule has 1 saturated heterocycles. The standard InChI is InChI=1S/C19H22N2O3S/c1-16-7-8-18(20-15-16)19(22)10-12-21(13-11-19)25(23,24)14-9-17-5-3-2-4-6-17/h2-9,14-15,22H,10-13H2,1H3/b14-9+. The zero-order valence-electron chi connectivity index (χ0n) is 14.2. The SMILES string of the molecule is Cc1ccc(C2(O)CCN(S(=O)(=O)/C=C/c3ccccc3)CC2)nc1.